The van der Waals surface area contributed by atoms with Crippen LogP contribution in [0.15, 0.2) is 18.2 Å². The highest BCUT2D eigenvalue weighted by Crippen LogP contribution is 2.36. The van der Waals surface area contributed by atoms with Crippen molar-refractivity contribution in [3.8, 4) is 5.75 Å². The fraction of sp³-hybridized carbons (Fsp3) is 0.611. The second-order valence-electron chi connectivity index (χ2n) is 6.55. The molecular formula is C18H25NO4. The number of fused-ring (bicyclic) bond motifs is 2. The SMILES string of the molecule is COC(=O)c1ccc(OC)c(CN2[C@@H]3CCC[C@H]2CC(O)C3)c1. The summed E-state index contributed by atoms with van der Waals surface area (Å²) in [6.45, 7) is 0.746. The molecule has 2 bridgehead atoms. The molecule has 2 aliphatic heterocycles. The van der Waals surface area contributed by atoms with Crippen LogP contribution in [0.5, 0.6) is 5.75 Å². The number of aliphatic hydroxyl groups is 1. The lowest BCUT2D eigenvalue weighted by Gasteiger charge is -2.48. The Bertz CT molecular complexity index is 560. The van der Waals surface area contributed by atoms with Gasteiger partial charge in [-0.1, -0.05) is 6.42 Å². The summed E-state index contributed by atoms with van der Waals surface area (Å²) in [5.41, 5.74) is 1.55. The first-order valence-electron chi connectivity index (χ1n) is 8.31. The Morgan fingerprint density at radius 2 is 1.96 bits per heavy atom. The first kappa shape index (κ1) is 16.3. The Kier molecular flexibility index (Phi) is 4.87. The molecular weight excluding hydrogens is 294 g/mol. The van der Waals surface area contributed by atoms with Crippen LogP contribution in [0.2, 0.25) is 0 Å². The van der Waals surface area contributed by atoms with Crippen LogP contribution in [0.25, 0.3) is 0 Å². The predicted octanol–water partition coefficient (Wildman–Crippen LogP) is 2.36. The molecule has 3 atom stereocenters. The molecule has 2 heterocycles. The van der Waals surface area contributed by atoms with Crippen molar-refractivity contribution in [2.24, 2.45) is 0 Å². The molecule has 2 aliphatic rings. The molecule has 2 saturated heterocycles. The molecule has 5 nitrogen and oxygen atoms in total. The minimum atomic E-state index is -0.330. The number of aliphatic hydroxyl groups excluding tert-OH is 1. The summed E-state index contributed by atoms with van der Waals surface area (Å²) in [6, 6.07) is 6.27. The second-order valence-corrected chi connectivity index (χ2v) is 6.55. The third kappa shape index (κ3) is 3.35. The lowest BCUT2D eigenvalue weighted by atomic mass is 9.82. The van der Waals surface area contributed by atoms with Crippen molar-refractivity contribution in [2.75, 3.05) is 14.2 Å². The van der Waals surface area contributed by atoms with Gasteiger partial charge in [0.25, 0.3) is 0 Å². The van der Waals surface area contributed by atoms with Crippen LogP contribution in [-0.4, -0.2) is 48.4 Å². The molecule has 0 spiro atoms. The summed E-state index contributed by atoms with van der Waals surface area (Å²) in [6.07, 6.45) is 5.01. The molecule has 5 heteroatoms. The molecule has 23 heavy (non-hydrogen) atoms. The van der Waals surface area contributed by atoms with Crippen molar-refractivity contribution in [1.29, 1.82) is 0 Å². The summed E-state index contributed by atoms with van der Waals surface area (Å²) >= 11 is 0. The number of esters is 1. The van der Waals surface area contributed by atoms with Crippen molar-refractivity contribution in [3.63, 3.8) is 0 Å². The van der Waals surface area contributed by atoms with Gasteiger partial charge in [-0.15, -0.1) is 0 Å². The van der Waals surface area contributed by atoms with Gasteiger partial charge in [-0.25, -0.2) is 4.79 Å². The van der Waals surface area contributed by atoms with Gasteiger partial charge in [0, 0.05) is 24.2 Å². The fourth-order valence-corrected chi connectivity index (χ4v) is 4.05. The van der Waals surface area contributed by atoms with Crippen LogP contribution >= 0.6 is 0 Å². The summed E-state index contributed by atoms with van der Waals surface area (Å²) in [4.78, 5) is 14.3. The molecule has 0 amide bonds. The number of methoxy groups -OCH3 is 2. The number of hydrogen-bond donors (Lipinski definition) is 1. The van der Waals surface area contributed by atoms with Crippen LogP contribution in [0.4, 0.5) is 0 Å². The molecule has 1 N–H and O–H groups in total. The fourth-order valence-electron chi connectivity index (χ4n) is 4.05. The van der Waals surface area contributed by atoms with Crippen molar-refractivity contribution in [2.45, 2.75) is 56.8 Å². The van der Waals surface area contributed by atoms with Crippen molar-refractivity contribution in [1.82, 2.24) is 4.90 Å². The highest BCUT2D eigenvalue weighted by atomic mass is 16.5. The number of piperidine rings is 2. The molecule has 3 rings (SSSR count). The van der Waals surface area contributed by atoms with E-state index < -0.39 is 0 Å². The van der Waals surface area contributed by atoms with E-state index in [1.807, 2.05) is 12.1 Å². The van der Waals surface area contributed by atoms with Crippen molar-refractivity contribution >= 4 is 5.97 Å². The smallest absolute Gasteiger partial charge is 0.337 e. The van der Waals surface area contributed by atoms with Gasteiger partial charge in [-0.2, -0.15) is 0 Å². The number of carbonyl (C=O) groups is 1. The van der Waals surface area contributed by atoms with Crippen LogP contribution in [0.3, 0.4) is 0 Å². The first-order valence-corrected chi connectivity index (χ1v) is 8.31. The maximum absolute atomic E-state index is 11.8. The van der Waals surface area contributed by atoms with Crippen LogP contribution in [-0.2, 0) is 11.3 Å². The van der Waals surface area contributed by atoms with Crippen LogP contribution < -0.4 is 4.74 Å². The maximum Gasteiger partial charge on any atom is 0.337 e. The lowest BCUT2D eigenvalue weighted by molar-refractivity contribution is -0.0315. The standard InChI is InChI=1S/C18H25NO4/c1-22-17-7-6-12(18(21)23-2)8-13(17)11-19-14-4-3-5-15(19)10-16(20)9-14/h6-8,14-16,20H,3-5,9-11H2,1-2H3/t14-,15+,16?. The van der Waals surface area contributed by atoms with Crippen LogP contribution in [0.1, 0.15) is 48.0 Å². The largest absolute Gasteiger partial charge is 0.496 e. The number of nitrogens with zero attached hydrogens (tertiary/aromatic N) is 1. The predicted molar refractivity (Wildman–Crippen MR) is 86.5 cm³/mol. The Balaban J connectivity index is 1.85. The quantitative estimate of drug-likeness (QED) is 0.863. The highest BCUT2D eigenvalue weighted by molar-refractivity contribution is 5.89. The number of benzene rings is 1. The van der Waals surface area contributed by atoms with Gasteiger partial charge in [-0.05, 0) is 43.9 Å². The van der Waals surface area contributed by atoms with Gasteiger partial charge in [0.15, 0.2) is 0 Å². The second kappa shape index (κ2) is 6.89. The minimum absolute atomic E-state index is 0.176. The summed E-state index contributed by atoms with van der Waals surface area (Å²) in [5.74, 6) is 0.463. The zero-order valence-electron chi connectivity index (χ0n) is 13.8. The van der Waals surface area contributed by atoms with Crippen molar-refractivity contribution in [3.05, 3.63) is 29.3 Å². The summed E-state index contributed by atoms with van der Waals surface area (Å²) in [5, 5.41) is 10.0. The third-order valence-electron chi connectivity index (χ3n) is 5.16. The molecule has 1 aromatic carbocycles. The molecule has 1 unspecified atom stereocenters. The zero-order chi connectivity index (χ0) is 16.4. The maximum atomic E-state index is 11.8. The Morgan fingerprint density at radius 3 is 2.57 bits per heavy atom. The van der Waals surface area contributed by atoms with E-state index in [0.29, 0.717) is 17.6 Å². The number of carbonyl (C=O) groups excluding carboxylic acids is 1. The normalized spacial score (nSPS) is 27.5. The average molecular weight is 319 g/mol. The molecule has 1 aromatic rings. The number of ether oxygens (including phenoxy) is 2. The van der Waals surface area contributed by atoms with E-state index in [9.17, 15) is 9.90 Å². The van der Waals surface area contributed by atoms with Gasteiger partial charge in [0.2, 0.25) is 0 Å². The van der Waals surface area contributed by atoms with Gasteiger partial charge < -0.3 is 14.6 Å². The van der Waals surface area contributed by atoms with Crippen molar-refractivity contribution < 1.29 is 19.4 Å². The summed E-state index contributed by atoms with van der Waals surface area (Å²) in [7, 11) is 3.04. The number of rotatable bonds is 4. The van der Waals surface area contributed by atoms with E-state index in [2.05, 4.69) is 4.90 Å². The molecule has 126 valence electrons. The van der Waals surface area contributed by atoms with Gasteiger partial charge >= 0.3 is 5.97 Å². The number of hydrogen-bond acceptors (Lipinski definition) is 5. The van der Waals surface area contributed by atoms with E-state index in [1.54, 1.807) is 13.2 Å². The van der Waals surface area contributed by atoms with E-state index >= 15 is 0 Å². The Hall–Kier alpha value is -1.59. The highest BCUT2D eigenvalue weighted by Gasteiger charge is 2.37. The van der Waals surface area contributed by atoms with Gasteiger partial charge in [0.1, 0.15) is 5.75 Å². The third-order valence-corrected chi connectivity index (χ3v) is 5.16. The van der Waals surface area contributed by atoms with E-state index in [0.717, 1.165) is 43.5 Å². The van der Waals surface area contributed by atoms with Gasteiger partial charge in [0.05, 0.1) is 25.9 Å². The van der Waals surface area contributed by atoms with E-state index in [-0.39, 0.29) is 12.1 Å². The lowest BCUT2D eigenvalue weighted by Crippen LogP contribution is -2.52. The Morgan fingerprint density at radius 1 is 1.26 bits per heavy atom. The van der Waals surface area contributed by atoms with E-state index in [1.165, 1.54) is 13.5 Å². The minimum Gasteiger partial charge on any atom is -0.496 e. The van der Waals surface area contributed by atoms with Gasteiger partial charge in [-0.3, -0.25) is 4.90 Å². The average Bonchev–Trinajstić information content (AvgIpc) is 2.55. The Labute approximate surface area is 137 Å². The van der Waals surface area contributed by atoms with Crippen LogP contribution in [0, 0.1) is 0 Å². The first-order chi connectivity index (χ1) is 11.1. The molecule has 0 saturated carbocycles. The molecule has 0 aromatic heterocycles. The van der Waals surface area contributed by atoms with E-state index in [4.69, 9.17) is 9.47 Å². The zero-order valence-corrected chi connectivity index (χ0v) is 13.8. The monoisotopic (exact) mass is 319 g/mol. The topological polar surface area (TPSA) is 59.0 Å². The molecule has 2 fully saturated rings. The molecule has 0 radical (unpaired) electrons. The summed E-state index contributed by atoms with van der Waals surface area (Å²) < 4.78 is 10.3. The molecule has 0 aliphatic carbocycles.